The Labute approximate surface area is 103 Å². The Morgan fingerprint density at radius 3 is 2.94 bits per heavy atom. The first kappa shape index (κ1) is 11.6. The molecule has 0 spiro atoms. The summed E-state index contributed by atoms with van der Waals surface area (Å²) in [6, 6.07) is 3.78. The molecule has 0 fully saturated rings. The van der Waals surface area contributed by atoms with Crippen molar-refractivity contribution in [3.05, 3.63) is 39.3 Å². The fourth-order valence-electron chi connectivity index (χ4n) is 1.61. The van der Waals surface area contributed by atoms with Crippen LogP contribution in [0.15, 0.2) is 23.7 Å². The minimum Gasteiger partial charge on any atom is -0.388 e. The second kappa shape index (κ2) is 4.99. The van der Waals surface area contributed by atoms with Crippen LogP contribution in [0.3, 0.4) is 0 Å². The summed E-state index contributed by atoms with van der Waals surface area (Å²) in [5, 5.41) is 16.6. The normalized spacial score (nSPS) is 12.9. The molecule has 0 radical (unpaired) electrons. The zero-order valence-electron chi connectivity index (χ0n) is 8.93. The summed E-state index contributed by atoms with van der Waals surface area (Å²) in [6.07, 6.45) is 2.74. The molecule has 0 aromatic carbocycles. The van der Waals surface area contributed by atoms with Gasteiger partial charge in [-0.15, -0.1) is 11.3 Å². The molecule has 86 valence electrons. The number of rotatable bonds is 4. The zero-order valence-corrected chi connectivity index (χ0v) is 10.5. The van der Waals surface area contributed by atoms with Crippen LogP contribution in [0.1, 0.15) is 23.1 Å². The van der Waals surface area contributed by atoms with Gasteiger partial charge >= 0.3 is 0 Å². The number of nitrogens with zero attached hydrogens (tertiary/aromatic N) is 2. The van der Waals surface area contributed by atoms with Crippen LogP contribution in [-0.2, 0) is 13.5 Å². The fourth-order valence-corrected chi connectivity index (χ4v) is 2.81. The molecule has 1 atom stereocenters. The molecule has 16 heavy (non-hydrogen) atoms. The van der Waals surface area contributed by atoms with Gasteiger partial charge in [-0.1, -0.05) is 11.6 Å². The molecular formula is C11H13ClN2OS. The maximum atomic E-state index is 9.98. The van der Waals surface area contributed by atoms with Crippen molar-refractivity contribution in [1.29, 1.82) is 0 Å². The lowest BCUT2D eigenvalue weighted by molar-refractivity contribution is 0.171. The van der Waals surface area contributed by atoms with E-state index in [1.807, 2.05) is 29.2 Å². The van der Waals surface area contributed by atoms with Crippen molar-refractivity contribution >= 4 is 22.9 Å². The molecule has 2 aromatic heterocycles. The van der Waals surface area contributed by atoms with E-state index in [0.717, 1.165) is 17.0 Å². The Bertz CT molecular complexity index is 466. The molecule has 0 aliphatic heterocycles. The lowest BCUT2D eigenvalue weighted by Gasteiger charge is -2.09. The van der Waals surface area contributed by atoms with Crippen molar-refractivity contribution in [2.45, 2.75) is 18.9 Å². The van der Waals surface area contributed by atoms with Crippen LogP contribution in [0.2, 0.25) is 5.02 Å². The largest absolute Gasteiger partial charge is 0.388 e. The predicted molar refractivity (Wildman–Crippen MR) is 65.8 cm³/mol. The molecule has 3 nitrogen and oxygen atoms in total. The standard InChI is InChI=1S/C11H13ClN2OS/c1-14-8(4-6-13-14)2-3-10(15)11-9(12)5-7-16-11/h4-7,10,15H,2-3H2,1H3. The second-order valence-corrected chi connectivity index (χ2v) is 4.99. The highest BCUT2D eigenvalue weighted by Crippen LogP contribution is 2.30. The minimum absolute atomic E-state index is 0.484. The van der Waals surface area contributed by atoms with Crippen LogP contribution in [0, 0.1) is 0 Å². The van der Waals surface area contributed by atoms with Crippen LogP contribution in [0.25, 0.3) is 0 Å². The third-order valence-corrected chi connectivity index (χ3v) is 4.00. The number of hydrogen-bond acceptors (Lipinski definition) is 3. The van der Waals surface area contributed by atoms with Crippen LogP contribution in [-0.4, -0.2) is 14.9 Å². The Hall–Kier alpha value is -0.840. The first-order chi connectivity index (χ1) is 7.68. The highest BCUT2D eigenvalue weighted by atomic mass is 35.5. The Morgan fingerprint density at radius 2 is 2.38 bits per heavy atom. The molecule has 0 aliphatic carbocycles. The van der Waals surface area contributed by atoms with Gasteiger partial charge in [0.25, 0.3) is 0 Å². The number of hydrogen-bond donors (Lipinski definition) is 1. The summed E-state index contributed by atoms with van der Waals surface area (Å²) in [5.41, 5.74) is 1.12. The maximum absolute atomic E-state index is 9.98. The van der Waals surface area contributed by atoms with E-state index >= 15 is 0 Å². The number of thiophene rings is 1. The molecule has 0 saturated carbocycles. The molecule has 0 aliphatic rings. The number of aromatic nitrogens is 2. The van der Waals surface area contributed by atoms with E-state index in [2.05, 4.69) is 5.10 Å². The first-order valence-electron chi connectivity index (χ1n) is 5.06. The van der Waals surface area contributed by atoms with Crippen molar-refractivity contribution in [1.82, 2.24) is 9.78 Å². The van der Waals surface area contributed by atoms with Crippen LogP contribution in [0.4, 0.5) is 0 Å². The predicted octanol–water partition coefficient (Wildman–Crippen LogP) is 2.80. The molecular weight excluding hydrogens is 244 g/mol. The number of halogens is 1. The van der Waals surface area contributed by atoms with E-state index in [0.29, 0.717) is 11.4 Å². The SMILES string of the molecule is Cn1nccc1CCC(O)c1sccc1Cl. The number of aliphatic hydroxyl groups is 1. The van der Waals surface area contributed by atoms with Gasteiger partial charge in [0.1, 0.15) is 0 Å². The van der Waals surface area contributed by atoms with E-state index in [9.17, 15) is 5.11 Å². The third-order valence-electron chi connectivity index (χ3n) is 2.54. The Balaban J connectivity index is 1.97. The van der Waals surface area contributed by atoms with E-state index in [1.165, 1.54) is 11.3 Å². The van der Waals surface area contributed by atoms with Gasteiger partial charge < -0.3 is 5.11 Å². The molecule has 0 amide bonds. The molecule has 2 aromatic rings. The average molecular weight is 257 g/mol. The smallest absolute Gasteiger partial charge is 0.0900 e. The van der Waals surface area contributed by atoms with Crippen molar-refractivity contribution < 1.29 is 5.11 Å². The Morgan fingerprint density at radius 1 is 1.56 bits per heavy atom. The number of aryl methyl sites for hydroxylation is 2. The summed E-state index contributed by atoms with van der Waals surface area (Å²) in [4.78, 5) is 0.851. The first-order valence-corrected chi connectivity index (χ1v) is 6.32. The maximum Gasteiger partial charge on any atom is 0.0900 e. The fraction of sp³-hybridized carbons (Fsp3) is 0.364. The van der Waals surface area contributed by atoms with Crippen molar-refractivity contribution in [3.8, 4) is 0 Å². The quantitative estimate of drug-likeness (QED) is 0.914. The van der Waals surface area contributed by atoms with E-state index in [4.69, 9.17) is 11.6 Å². The van der Waals surface area contributed by atoms with Crippen LogP contribution >= 0.6 is 22.9 Å². The van der Waals surface area contributed by atoms with Crippen molar-refractivity contribution in [3.63, 3.8) is 0 Å². The third kappa shape index (κ3) is 2.45. The van der Waals surface area contributed by atoms with Crippen molar-refractivity contribution in [2.75, 3.05) is 0 Å². The average Bonchev–Trinajstić information content (AvgIpc) is 2.84. The van der Waals surface area contributed by atoms with Gasteiger partial charge in [0, 0.05) is 18.9 Å². The highest BCUT2D eigenvalue weighted by Gasteiger charge is 2.13. The van der Waals surface area contributed by atoms with Gasteiger partial charge in [0.05, 0.1) is 16.0 Å². The van der Waals surface area contributed by atoms with Crippen LogP contribution < -0.4 is 0 Å². The van der Waals surface area contributed by atoms with Gasteiger partial charge in [-0.05, 0) is 30.4 Å². The van der Waals surface area contributed by atoms with Crippen LogP contribution in [0.5, 0.6) is 0 Å². The molecule has 0 saturated heterocycles. The Kier molecular flexibility index (Phi) is 3.63. The zero-order chi connectivity index (χ0) is 11.5. The summed E-state index contributed by atoms with van der Waals surface area (Å²) >= 11 is 7.45. The summed E-state index contributed by atoms with van der Waals surface area (Å²) < 4.78 is 1.82. The summed E-state index contributed by atoms with van der Waals surface area (Å²) in [7, 11) is 1.90. The van der Waals surface area contributed by atoms with E-state index in [1.54, 1.807) is 6.20 Å². The van der Waals surface area contributed by atoms with Gasteiger partial charge in [0.15, 0.2) is 0 Å². The van der Waals surface area contributed by atoms with Crippen molar-refractivity contribution in [2.24, 2.45) is 7.05 Å². The minimum atomic E-state index is -0.484. The van der Waals surface area contributed by atoms with Gasteiger partial charge in [0.2, 0.25) is 0 Å². The van der Waals surface area contributed by atoms with Gasteiger partial charge in [-0.3, -0.25) is 4.68 Å². The number of aliphatic hydroxyl groups excluding tert-OH is 1. The molecule has 1 unspecified atom stereocenters. The lowest BCUT2D eigenvalue weighted by atomic mass is 10.1. The monoisotopic (exact) mass is 256 g/mol. The molecule has 0 bridgehead atoms. The topological polar surface area (TPSA) is 38.0 Å². The second-order valence-electron chi connectivity index (χ2n) is 3.63. The summed E-state index contributed by atoms with van der Waals surface area (Å²) in [6.45, 7) is 0. The van der Waals surface area contributed by atoms with Gasteiger partial charge in [-0.2, -0.15) is 5.10 Å². The molecule has 2 heterocycles. The van der Waals surface area contributed by atoms with E-state index in [-0.39, 0.29) is 0 Å². The van der Waals surface area contributed by atoms with Gasteiger partial charge in [-0.25, -0.2) is 0 Å². The summed E-state index contributed by atoms with van der Waals surface area (Å²) in [5.74, 6) is 0. The molecule has 1 N–H and O–H groups in total. The lowest BCUT2D eigenvalue weighted by Crippen LogP contribution is -2.02. The molecule has 5 heteroatoms. The van der Waals surface area contributed by atoms with E-state index < -0.39 is 6.10 Å². The highest BCUT2D eigenvalue weighted by molar-refractivity contribution is 7.10. The molecule has 2 rings (SSSR count).